The first kappa shape index (κ1) is 25.4. The van der Waals surface area contributed by atoms with Gasteiger partial charge in [0.2, 0.25) is 16.8 Å². The number of benzene rings is 2. The van der Waals surface area contributed by atoms with Crippen LogP contribution in [-0.4, -0.2) is 36.8 Å². The topological polar surface area (TPSA) is 99.3 Å². The van der Waals surface area contributed by atoms with Crippen LogP contribution in [0.3, 0.4) is 0 Å². The molecule has 1 aromatic heterocycles. The normalized spacial score (nSPS) is 11.7. The Kier molecular flexibility index (Phi) is 8.42. The highest BCUT2D eigenvalue weighted by Crippen LogP contribution is 2.34. The first-order valence-corrected chi connectivity index (χ1v) is 11.4. The lowest BCUT2D eigenvalue weighted by Gasteiger charge is -2.17. The van der Waals surface area contributed by atoms with Crippen molar-refractivity contribution >= 4 is 28.3 Å². The van der Waals surface area contributed by atoms with Crippen LogP contribution in [0.4, 0.5) is 30.6 Å². The molecule has 0 spiro atoms. The van der Waals surface area contributed by atoms with Crippen molar-refractivity contribution in [1.29, 1.82) is 0 Å². The summed E-state index contributed by atoms with van der Waals surface area (Å²) in [5, 5.41) is 8.69. The van der Waals surface area contributed by atoms with E-state index in [-0.39, 0.29) is 24.9 Å². The summed E-state index contributed by atoms with van der Waals surface area (Å²) < 4.78 is 64.2. The number of nitrogens with zero attached hydrogens (tertiary/aromatic N) is 3. The fourth-order valence-corrected chi connectivity index (χ4v) is 3.46. The molecule has 3 N–H and O–H groups in total. The van der Waals surface area contributed by atoms with Gasteiger partial charge in [-0.2, -0.15) is 18.2 Å². The molecule has 0 aliphatic carbocycles. The van der Waals surface area contributed by atoms with Crippen molar-refractivity contribution in [2.75, 3.05) is 24.7 Å². The predicted octanol–water partition coefficient (Wildman–Crippen LogP) is 3.53. The van der Waals surface area contributed by atoms with E-state index in [9.17, 15) is 21.6 Å². The quantitative estimate of drug-likeness (QED) is 0.320. The maximum atomic E-state index is 13.6. The van der Waals surface area contributed by atoms with E-state index in [1.54, 1.807) is 36.4 Å². The molecule has 34 heavy (non-hydrogen) atoms. The number of aromatic nitrogens is 2. The Morgan fingerprint density at radius 1 is 1.00 bits per heavy atom. The number of hydrogen-bond acceptors (Lipinski definition) is 7. The molecule has 0 aliphatic rings. The molecule has 0 atom stereocenters. The van der Waals surface area contributed by atoms with E-state index < -0.39 is 22.6 Å². The summed E-state index contributed by atoms with van der Waals surface area (Å²) in [6.07, 6.45) is -3.93. The van der Waals surface area contributed by atoms with Gasteiger partial charge in [-0.25, -0.2) is 17.7 Å². The Morgan fingerprint density at radius 3 is 2.29 bits per heavy atom. The van der Waals surface area contributed by atoms with E-state index in [1.807, 2.05) is 19.2 Å². The average Bonchev–Trinajstić information content (AvgIpc) is 2.79. The van der Waals surface area contributed by atoms with Gasteiger partial charge in [-0.1, -0.05) is 36.4 Å². The Morgan fingerprint density at radius 2 is 1.68 bits per heavy atom. The van der Waals surface area contributed by atoms with Gasteiger partial charge in [0, 0.05) is 38.6 Å². The van der Waals surface area contributed by atoms with Gasteiger partial charge in [-0.05, 0) is 35.9 Å². The fraction of sp³-hybridized carbons (Fsp3) is 0.273. The summed E-state index contributed by atoms with van der Waals surface area (Å²) >= 11 is 0. The summed E-state index contributed by atoms with van der Waals surface area (Å²) in [6, 6.07) is 14.2. The van der Waals surface area contributed by atoms with Crippen molar-refractivity contribution in [2.24, 2.45) is 0 Å². The monoisotopic (exact) mass is 494 g/mol. The molecule has 3 aromatic rings. The first-order chi connectivity index (χ1) is 16.2. The van der Waals surface area contributed by atoms with Crippen LogP contribution in [0.15, 0.2) is 54.7 Å². The lowest BCUT2D eigenvalue weighted by atomic mass is 10.1. The van der Waals surface area contributed by atoms with Crippen LogP contribution in [0.5, 0.6) is 0 Å². The second kappa shape index (κ2) is 11.3. The van der Waals surface area contributed by atoms with Gasteiger partial charge >= 0.3 is 6.18 Å². The predicted molar refractivity (Wildman–Crippen MR) is 125 cm³/mol. The third kappa shape index (κ3) is 6.89. The Bertz CT molecular complexity index is 1180. The van der Waals surface area contributed by atoms with Gasteiger partial charge in [0.15, 0.2) is 0 Å². The van der Waals surface area contributed by atoms with Crippen molar-refractivity contribution in [2.45, 2.75) is 25.8 Å². The molecular formula is C22H25F3N6O2S. The van der Waals surface area contributed by atoms with Crippen LogP contribution in [0, 0.1) is 0 Å². The minimum absolute atomic E-state index is 0.00763. The number of anilines is 3. The molecule has 3 rings (SSSR count). The molecule has 0 saturated heterocycles. The van der Waals surface area contributed by atoms with Gasteiger partial charge in [0.05, 0.1) is 0 Å². The molecule has 0 radical (unpaired) electrons. The summed E-state index contributed by atoms with van der Waals surface area (Å²) in [5.74, 6) is -0.372. The molecule has 0 aliphatic heterocycles. The number of alkyl halides is 3. The highest BCUT2D eigenvalue weighted by atomic mass is 32.2. The van der Waals surface area contributed by atoms with Crippen molar-refractivity contribution < 1.29 is 21.6 Å². The zero-order valence-corrected chi connectivity index (χ0v) is 19.5. The molecule has 1 heterocycles. The summed E-state index contributed by atoms with van der Waals surface area (Å²) in [4.78, 5) is 7.88. The van der Waals surface area contributed by atoms with Crippen molar-refractivity contribution in [3.63, 3.8) is 0 Å². The molecule has 12 heteroatoms. The molecular weight excluding hydrogens is 469 g/mol. The van der Waals surface area contributed by atoms with Gasteiger partial charge in [0.25, 0.3) is 0 Å². The van der Waals surface area contributed by atoms with Gasteiger partial charge < -0.3 is 16.0 Å². The first-order valence-electron chi connectivity index (χ1n) is 10.3. The van der Waals surface area contributed by atoms with E-state index in [0.29, 0.717) is 23.4 Å². The number of hydrogen-bond donors (Lipinski definition) is 4. The summed E-state index contributed by atoms with van der Waals surface area (Å²) in [5.41, 5.74) is 1.99. The third-order valence-corrected chi connectivity index (χ3v) is 5.63. The number of nitrogens with one attached hydrogen (secondary N) is 3. The number of thiol groups is 1. The molecule has 0 fully saturated rings. The molecule has 0 unspecified atom stereocenters. The highest BCUT2D eigenvalue weighted by Gasteiger charge is 2.35. The van der Waals surface area contributed by atoms with E-state index in [0.717, 1.165) is 16.1 Å². The van der Waals surface area contributed by atoms with Crippen molar-refractivity contribution in [3.05, 3.63) is 77.0 Å². The largest absolute Gasteiger partial charge is 0.421 e. The van der Waals surface area contributed by atoms with Crippen LogP contribution >= 0.6 is 0 Å². The zero-order valence-electron chi connectivity index (χ0n) is 18.6. The van der Waals surface area contributed by atoms with Crippen LogP contribution < -0.4 is 16.0 Å². The van der Waals surface area contributed by atoms with Crippen LogP contribution in [0.25, 0.3) is 0 Å². The van der Waals surface area contributed by atoms with Crippen molar-refractivity contribution in [3.8, 4) is 0 Å². The standard InChI is InChI=1S/C22H25F3N6O2S/c1-26-11-15-7-9-18(10-8-15)29-21-28-13-19(22(23,24)25)20(30-21)27-12-16-5-3-4-6-17(16)14-31(2)34(32)33/h3-10,13,26,34H,11-12,14H2,1-2H3,(H2,27,28,29,30). The van der Waals surface area contributed by atoms with E-state index in [4.69, 9.17) is 0 Å². The maximum absolute atomic E-state index is 13.6. The lowest BCUT2D eigenvalue weighted by molar-refractivity contribution is -0.137. The fourth-order valence-electron chi connectivity index (χ4n) is 3.19. The van der Waals surface area contributed by atoms with E-state index in [2.05, 4.69) is 25.9 Å². The highest BCUT2D eigenvalue weighted by molar-refractivity contribution is 7.69. The summed E-state index contributed by atoms with van der Waals surface area (Å²) in [7, 11) is 0.481. The Labute approximate surface area is 197 Å². The number of rotatable bonds is 10. The molecule has 0 saturated carbocycles. The minimum Gasteiger partial charge on any atom is -0.365 e. The number of halogens is 3. The summed E-state index contributed by atoms with van der Waals surface area (Å²) in [6.45, 7) is 0.800. The maximum Gasteiger partial charge on any atom is 0.421 e. The van der Waals surface area contributed by atoms with Gasteiger partial charge in [-0.15, -0.1) is 0 Å². The molecule has 182 valence electrons. The average molecular weight is 495 g/mol. The Hall–Kier alpha value is -3.22. The van der Waals surface area contributed by atoms with Crippen LogP contribution in [0.1, 0.15) is 22.3 Å². The smallest absolute Gasteiger partial charge is 0.365 e. The molecule has 0 amide bonds. The second-order valence-electron chi connectivity index (χ2n) is 7.48. The molecule has 2 aromatic carbocycles. The van der Waals surface area contributed by atoms with Gasteiger partial charge in [0.1, 0.15) is 11.4 Å². The third-order valence-electron chi connectivity index (χ3n) is 4.93. The SMILES string of the molecule is CNCc1ccc(Nc2ncc(C(F)(F)F)c(NCc3ccccc3CN(C)[SH](=O)=O)n2)cc1. The van der Waals surface area contributed by atoms with Gasteiger partial charge in [-0.3, -0.25) is 0 Å². The lowest BCUT2D eigenvalue weighted by Crippen LogP contribution is -2.18. The van der Waals surface area contributed by atoms with E-state index >= 15 is 0 Å². The molecule has 0 bridgehead atoms. The molecule has 8 nitrogen and oxygen atoms in total. The Balaban J connectivity index is 1.83. The van der Waals surface area contributed by atoms with E-state index in [1.165, 1.54) is 7.05 Å². The second-order valence-corrected chi connectivity index (χ2v) is 8.64. The van der Waals surface area contributed by atoms with Crippen molar-refractivity contribution in [1.82, 2.24) is 19.6 Å². The van der Waals surface area contributed by atoms with Crippen LogP contribution in [0.2, 0.25) is 0 Å². The zero-order chi connectivity index (χ0) is 24.7. The minimum atomic E-state index is -4.66. The van der Waals surface area contributed by atoms with Crippen LogP contribution in [-0.2, 0) is 36.7 Å².